The summed E-state index contributed by atoms with van der Waals surface area (Å²) in [7, 11) is 2.30. The van der Waals surface area contributed by atoms with Gasteiger partial charge in [0, 0.05) is 6.42 Å². The van der Waals surface area contributed by atoms with Gasteiger partial charge in [-0.25, -0.2) is 14.4 Å². The maximum absolute atomic E-state index is 11.8. The summed E-state index contributed by atoms with van der Waals surface area (Å²) in [4.78, 5) is 45.9. The van der Waals surface area contributed by atoms with Crippen LogP contribution in [0, 0.1) is 0 Å². The molecule has 8 nitrogen and oxygen atoms in total. The minimum Gasteiger partial charge on any atom is -0.467 e. The van der Waals surface area contributed by atoms with Crippen molar-refractivity contribution in [1.29, 1.82) is 0 Å². The fraction of sp³-hybridized carbons (Fsp3) is 0.412. The zero-order valence-corrected chi connectivity index (χ0v) is 14.2. The Morgan fingerprint density at radius 2 is 1.72 bits per heavy atom. The molecule has 0 saturated heterocycles. The predicted molar refractivity (Wildman–Crippen MR) is 86.4 cm³/mol. The molecule has 0 saturated carbocycles. The number of ketones is 1. The van der Waals surface area contributed by atoms with Crippen LogP contribution in [0.1, 0.15) is 24.8 Å². The molecule has 1 amide bonds. The standard InChI is InChI=1S/C17H21NO7/c1-23-15(20)13(9-6-10-14(19)16(21)24-2)18-17(22)25-11-12-7-4-3-5-8-12/h3-5,7-8,13H,6,9-11H2,1-2H3,(H,18,22)/t13-/m0/s1. The molecule has 0 aliphatic rings. The van der Waals surface area contributed by atoms with Gasteiger partial charge in [-0.2, -0.15) is 0 Å². The Balaban J connectivity index is 2.46. The van der Waals surface area contributed by atoms with Crippen LogP contribution in [0.4, 0.5) is 4.79 Å². The number of hydrogen-bond donors (Lipinski definition) is 1. The van der Waals surface area contributed by atoms with E-state index in [1.807, 2.05) is 18.2 Å². The zero-order chi connectivity index (χ0) is 18.7. The van der Waals surface area contributed by atoms with Crippen LogP contribution in [0.2, 0.25) is 0 Å². The second kappa shape index (κ2) is 10.8. The number of Topliss-reactive ketones (excluding diaryl/α,β-unsaturated/α-hetero) is 1. The molecule has 0 aliphatic carbocycles. The lowest BCUT2D eigenvalue weighted by Gasteiger charge is -2.16. The number of amides is 1. The van der Waals surface area contributed by atoms with Gasteiger partial charge in [-0.05, 0) is 18.4 Å². The van der Waals surface area contributed by atoms with E-state index >= 15 is 0 Å². The van der Waals surface area contributed by atoms with Crippen LogP contribution in [-0.2, 0) is 35.2 Å². The second-order valence-electron chi connectivity index (χ2n) is 5.09. The Morgan fingerprint density at radius 1 is 1.04 bits per heavy atom. The molecule has 136 valence electrons. The van der Waals surface area contributed by atoms with Crippen LogP contribution in [0.3, 0.4) is 0 Å². The molecule has 0 radical (unpaired) electrons. The molecule has 1 aromatic rings. The van der Waals surface area contributed by atoms with E-state index in [-0.39, 0.29) is 25.9 Å². The molecule has 0 bridgehead atoms. The van der Waals surface area contributed by atoms with E-state index in [0.717, 1.165) is 12.7 Å². The van der Waals surface area contributed by atoms with Crippen LogP contribution in [0.25, 0.3) is 0 Å². The van der Waals surface area contributed by atoms with E-state index in [1.54, 1.807) is 12.1 Å². The fourth-order valence-electron chi connectivity index (χ4n) is 1.98. The lowest BCUT2D eigenvalue weighted by atomic mass is 10.1. The Kier molecular flexibility index (Phi) is 8.70. The highest BCUT2D eigenvalue weighted by Gasteiger charge is 2.23. The van der Waals surface area contributed by atoms with Crippen LogP contribution in [-0.4, -0.2) is 44.1 Å². The smallest absolute Gasteiger partial charge is 0.408 e. The number of hydrogen-bond acceptors (Lipinski definition) is 7. The van der Waals surface area contributed by atoms with Gasteiger partial charge in [-0.15, -0.1) is 0 Å². The topological polar surface area (TPSA) is 108 Å². The molecular weight excluding hydrogens is 330 g/mol. The molecule has 1 atom stereocenters. The van der Waals surface area contributed by atoms with Gasteiger partial charge < -0.3 is 19.5 Å². The number of carbonyl (C=O) groups is 4. The normalized spacial score (nSPS) is 11.1. The van der Waals surface area contributed by atoms with Crippen molar-refractivity contribution < 1.29 is 33.4 Å². The highest BCUT2D eigenvalue weighted by Crippen LogP contribution is 2.06. The van der Waals surface area contributed by atoms with Crippen molar-refractivity contribution in [2.45, 2.75) is 31.9 Å². The third kappa shape index (κ3) is 7.47. The maximum atomic E-state index is 11.8. The Morgan fingerprint density at radius 3 is 2.32 bits per heavy atom. The molecule has 1 rings (SSSR count). The predicted octanol–water partition coefficient (Wildman–Crippen LogP) is 1.37. The van der Waals surface area contributed by atoms with Gasteiger partial charge in [0.25, 0.3) is 0 Å². The van der Waals surface area contributed by atoms with Crippen molar-refractivity contribution in [3.8, 4) is 0 Å². The van der Waals surface area contributed by atoms with E-state index < -0.39 is 29.9 Å². The Hall–Kier alpha value is -2.90. The molecule has 25 heavy (non-hydrogen) atoms. The first-order valence-corrected chi connectivity index (χ1v) is 7.64. The van der Waals surface area contributed by atoms with E-state index in [2.05, 4.69) is 14.8 Å². The van der Waals surface area contributed by atoms with E-state index in [9.17, 15) is 19.2 Å². The minimum absolute atomic E-state index is 0.0569. The average Bonchev–Trinajstić information content (AvgIpc) is 2.64. The summed E-state index contributed by atoms with van der Waals surface area (Å²) in [6.45, 7) is 0.0569. The second-order valence-corrected chi connectivity index (χ2v) is 5.09. The molecule has 1 aromatic carbocycles. The molecule has 8 heteroatoms. The molecule has 1 N–H and O–H groups in total. The van der Waals surface area contributed by atoms with Crippen molar-refractivity contribution in [2.24, 2.45) is 0 Å². The number of esters is 2. The summed E-state index contributed by atoms with van der Waals surface area (Å²) in [6.07, 6.45) is -0.554. The van der Waals surface area contributed by atoms with Gasteiger partial charge in [0.05, 0.1) is 14.2 Å². The van der Waals surface area contributed by atoms with E-state index in [0.29, 0.717) is 0 Å². The number of alkyl carbamates (subject to hydrolysis) is 1. The number of methoxy groups -OCH3 is 2. The van der Waals surface area contributed by atoms with Crippen molar-refractivity contribution in [1.82, 2.24) is 5.32 Å². The summed E-state index contributed by atoms with van der Waals surface area (Å²) in [5.74, 6) is -2.30. The molecule has 0 heterocycles. The first-order valence-electron chi connectivity index (χ1n) is 7.64. The summed E-state index contributed by atoms with van der Waals surface area (Å²) in [5.41, 5.74) is 0.802. The largest absolute Gasteiger partial charge is 0.467 e. The van der Waals surface area contributed by atoms with Crippen LogP contribution in [0.15, 0.2) is 30.3 Å². The third-order valence-corrected chi connectivity index (χ3v) is 3.30. The van der Waals surface area contributed by atoms with Gasteiger partial charge in [-0.1, -0.05) is 30.3 Å². The van der Waals surface area contributed by atoms with Crippen molar-refractivity contribution in [2.75, 3.05) is 14.2 Å². The quantitative estimate of drug-likeness (QED) is 0.406. The number of carbonyl (C=O) groups excluding carboxylic acids is 4. The third-order valence-electron chi connectivity index (χ3n) is 3.30. The molecule has 0 unspecified atom stereocenters. The molecular formula is C17H21NO7. The van der Waals surface area contributed by atoms with Crippen LogP contribution >= 0.6 is 0 Å². The van der Waals surface area contributed by atoms with Gasteiger partial charge >= 0.3 is 18.0 Å². The maximum Gasteiger partial charge on any atom is 0.408 e. The summed E-state index contributed by atoms with van der Waals surface area (Å²) in [5, 5.41) is 2.39. The highest BCUT2D eigenvalue weighted by molar-refractivity contribution is 6.33. The van der Waals surface area contributed by atoms with Gasteiger partial charge in [0.2, 0.25) is 5.78 Å². The lowest BCUT2D eigenvalue weighted by Crippen LogP contribution is -2.41. The van der Waals surface area contributed by atoms with Crippen LogP contribution < -0.4 is 5.32 Å². The number of benzene rings is 1. The van der Waals surface area contributed by atoms with E-state index in [1.165, 1.54) is 7.11 Å². The van der Waals surface area contributed by atoms with Crippen LogP contribution in [0.5, 0.6) is 0 Å². The average molecular weight is 351 g/mol. The summed E-state index contributed by atoms with van der Waals surface area (Å²) in [6, 6.07) is 8.08. The monoisotopic (exact) mass is 351 g/mol. The molecule has 0 aromatic heterocycles. The zero-order valence-electron chi connectivity index (χ0n) is 14.2. The first kappa shape index (κ1) is 20.1. The molecule has 0 fully saturated rings. The summed E-state index contributed by atoms with van der Waals surface area (Å²) < 4.78 is 14.0. The van der Waals surface area contributed by atoms with Gasteiger partial charge in [-0.3, -0.25) is 4.79 Å². The van der Waals surface area contributed by atoms with Crippen molar-refractivity contribution >= 4 is 23.8 Å². The fourth-order valence-corrected chi connectivity index (χ4v) is 1.98. The van der Waals surface area contributed by atoms with Gasteiger partial charge in [0.15, 0.2) is 0 Å². The van der Waals surface area contributed by atoms with Gasteiger partial charge in [0.1, 0.15) is 12.6 Å². The van der Waals surface area contributed by atoms with Crippen molar-refractivity contribution in [3.05, 3.63) is 35.9 Å². The molecule has 0 spiro atoms. The molecule has 0 aliphatic heterocycles. The lowest BCUT2D eigenvalue weighted by molar-refractivity contribution is -0.151. The summed E-state index contributed by atoms with van der Waals surface area (Å²) >= 11 is 0. The number of nitrogens with one attached hydrogen (secondary N) is 1. The minimum atomic E-state index is -0.973. The SMILES string of the molecule is COC(=O)C(=O)CCC[C@H](NC(=O)OCc1ccccc1)C(=O)OC. The van der Waals surface area contributed by atoms with Crippen molar-refractivity contribution in [3.63, 3.8) is 0 Å². The highest BCUT2D eigenvalue weighted by atomic mass is 16.6. The Labute approximate surface area is 145 Å². The first-order chi connectivity index (χ1) is 12.0. The Bertz CT molecular complexity index is 600. The number of ether oxygens (including phenoxy) is 3. The number of rotatable bonds is 9. The van der Waals surface area contributed by atoms with E-state index in [4.69, 9.17) is 4.74 Å².